The van der Waals surface area contributed by atoms with Crippen LogP contribution in [-0.4, -0.2) is 86.2 Å². The summed E-state index contributed by atoms with van der Waals surface area (Å²) in [5.74, 6) is 8.90. The van der Waals surface area contributed by atoms with Gasteiger partial charge in [0, 0.05) is 44.3 Å². The molecule has 7 rings (SSSR count). The zero-order chi connectivity index (χ0) is 30.3. The maximum atomic E-state index is 12.6. The zero-order valence-electron chi connectivity index (χ0n) is 25.0. The molecule has 1 saturated heterocycles. The second kappa shape index (κ2) is 11.7. The monoisotopic (exact) mass is 612 g/mol. The number of nitrogens with one attached hydrogen (secondary N) is 1. The summed E-state index contributed by atoms with van der Waals surface area (Å²) in [5.41, 5.74) is 3.33. The quantitative estimate of drug-likeness (QED) is 0.281. The van der Waals surface area contributed by atoms with E-state index in [1.807, 2.05) is 29.3 Å². The molecule has 2 aliphatic carbocycles. The summed E-state index contributed by atoms with van der Waals surface area (Å²) >= 11 is 0. The predicted molar refractivity (Wildman–Crippen MR) is 168 cm³/mol. The molecule has 2 saturated carbocycles. The zero-order valence-corrected chi connectivity index (χ0v) is 25.8. The number of pyridine rings is 1. The lowest BCUT2D eigenvalue weighted by Crippen LogP contribution is -2.37. The van der Waals surface area contributed by atoms with E-state index in [0.29, 0.717) is 47.8 Å². The van der Waals surface area contributed by atoms with Crippen LogP contribution in [0.4, 0.5) is 17.3 Å². The van der Waals surface area contributed by atoms with Gasteiger partial charge >= 0.3 is 0 Å². The van der Waals surface area contributed by atoms with Crippen molar-refractivity contribution in [2.75, 3.05) is 43.9 Å². The normalized spacial score (nSPS) is 17.5. The lowest BCUT2D eigenvalue weighted by atomic mass is 9.95. The molecule has 0 aromatic carbocycles. The Bertz CT molecular complexity index is 1820. The summed E-state index contributed by atoms with van der Waals surface area (Å²) in [4.78, 5) is 18.3. The molecular weight excluding hydrogens is 576 g/mol. The van der Waals surface area contributed by atoms with Crippen LogP contribution in [0.1, 0.15) is 55.7 Å². The van der Waals surface area contributed by atoms with E-state index < -0.39 is 10.0 Å². The fourth-order valence-corrected chi connectivity index (χ4v) is 7.08. The molecule has 228 valence electrons. The minimum atomic E-state index is -3.46. The van der Waals surface area contributed by atoms with Gasteiger partial charge in [0.1, 0.15) is 11.6 Å². The Balaban J connectivity index is 1.13. The van der Waals surface area contributed by atoms with Crippen LogP contribution in [0.15, 0.2) is 49.3 Å². The van der Waals surface area contributed by atoms with Crippen LogP contribution in [0, 0.1) is 17.8 Å². The van der Waals surface area contributed by atoms with E-state index in [1.54, 1.807) is 12.3 Å². The second-order valence-corrected chi connectivity index (χ2v) is 14.3. The first-order valence-corrected chi connectivity index (χ1v) is 16.7. The number of nitrogens with zero attached hydrogens (tertiary/aromatic N) is 9. The lowest BCUT2D eigenvalue weighted by molar-refractivity contribution is 0.285. The Hall–Kier alpha value is -4.28. The highest BCUT2D eigenvalue weighted by Gasteiger charge is 2.37. The van der Waals surface area contributed by atoms with Gasteiger partial charge in [-0.15, -0.1) is 0 Å². The third kappa shape index (κ3) is 6.32. The highest BCUT2D eigenvalue weighted by molar-refractivity contribution is 7.90. The fraction of sp³-hybridized carbons (Fsp3) is 0.452. The van der Waals surface area contributed by atoms with Gasteiger partial charge in [0.25, 0.3) is 10.0 Å². The third-order valence-corrected chi connectivity index (χ3v) is 10.3. The van der Waals surface area contributed by atoms with E-state index in [9.17, 15) is 8.42 Å². The topological polar surface area (TPSA) is 127 Å². The molecule has 5 heterocycles. The first kappa shape index (κ1) is 28.5. The van der Waals surface area contributed by atoms with Crippen molar-refractivity contribution in [3.8, 4) is 23.2 Å². The van der Waals surface area contributed by atoms with E-state index in [2.05, 4.69) is 66.2 Å². The molecule has 13 heteroatoms. The Morgan fingerprint density at radius 3 is 2.52 bits per heavy atom. The van der Waals surface area contributed by atoms with E-state index in [-0.39, 0.29) is 5.25 Å². The van der Waals surface area contributed by atoms with Crippen LogP contribution in [0.3, 0.4) is 0 Å². The predicted octanol–water partition coefficient (Wildman–Crippen LogP) is 3.53. The molecule has 44 heavy (non-hydrogen) atoms. The van der Waals surface area contributed by atoms with Crippen LogP contribution in [0.25, 0.3) is 11.4 Å². The standard InChI is InChI=1S/C31H36N10O2S/c1-38(2)19-22-10-13-39(14-11-22)28-15-30(33-17-24(28)4-3-23-16-34-40(20-23)26-5-6-26)36-29-9-12-32-31(37-29)25-18-35-41(21-25)44(42,43)27-7-8-27/h9,12,15-18,20-22,26-27H,5-8,10-11,13-14,19H2,1-2H3,(H,32,33,36,37). The van der Waals surface area contributed by atoms with Gasteiger partial charge in [-0.2, -0.15) is 14.3 Å². The van der Waals surface area contributed by atoms with Gasteiger partial charge < -0.3 is 15.1 Å². The Morgan fingerprint density at radius 1 is 0.955 bits per heavy atom. The van der Waals surface area contributed by atoms with E-state index in [1.165, 1.54) is 25.2 Å². The van der Waals surface area contributed by atoms with Crippen molar-refractivity contribution >= 4 is 27.3 Å². The molecule has 3 aliphatic rings. The average molecular weight is 613 g/mol. The highest BCUT2D eigenvalue weighted by atomic mass is 32.2. The second-order valence-electron chi connectivity index (χ2n) is 12.2. The van der Waals surface area contributed by atoms with Gasteiger partial charge in [0.2, 0.25) is 0 Å². The van der Waals surface area contributed by atoms with Crippen molar-refractivity contribution < 1.29 is 8.42 Å². The molecular formula is C31H36N10O2S. The minimum Gasteiger partial charge on any atom is -0.370 e. The number of piperidine rings is 1. The average Bonchev–Trinajstić information content (AvgIpc) is 3.95. The summed E-state index contributed by atoms with van der Waals surface area (Å²) in [6.07, 6.45) is 16.2. The maximum absolute atomic E-state index is 12.6. The van der Waals surface area contributed by atoms with Crippen molar-refractivity contribution in [1.29, 1.82) is 0 Å². The molecule has 4 aromatic rings. The summed E-state index contributed by atoms with van der Waals surface area (Å²) in [6, 6.07) is 4.31. The summed E-state index contributed by atoms with van der Waals surface area (Å²) in [7, 11) is 0.802. The first-order valence-electron chi connectivity index (χ1n) is 15.2. The molecule has 4 aromatic heterocycles. The van der Waals surface area contributed by atoms with Crippen LogP contribution >= 0.6 is 0 Å². The first-order chi connectivity index (χ1) is 21.3. The minimum absolute atomic E-state index is 0.351. The van der Waals surface area contributed by atoms with Crippen molar-refractivity contribution in [2.45, 2.75) is 49.8 Å². The molecule has 0 amide bonds. The number of aromatic nitrogens is 7. The number of rotatable bonds is 9. The molecule has 0 spiro atoms. The molecule has 0 bridgehead atoms. The summed E-state index contributed by atoms with van der Waals surface area (Å²) < 4.78 is 28.2. The number of hydrogen-bond donors (Lipinski definition) is 1. The van der Waals surface area contributed by atoms with Gasteiger partial charge in [-0.1, -0.05) is 11.8 Å². The van der Waals surface area contributed by atoms with E-state index in [4.69, 9.17) is 0 Å². The SMILES string of the molecule is CN(C)CC1CCN(c2cc(Nc3ccnc(-c4cnn(S(=O)(=O)C5CC5)c4)n3)ncc2C#Cc2cnn(C3CC3)c2)CC1. The van der Waals surface area contributed by atoms with Gasteiger partial charge in [-0.25, -0.2) is 23.4 Å². The van der Waals surface area contributed by atoms with Crippen LogP contribution in [-0.2, 0) is 10.0 Å². The van der Waals surface area contributed by atoms with Gasteiger partial charge in [0.05, 0.1) is 52.3 Å². The maximum Gasteiger partial charge on any atom is 0.256 e. The highest BCUT2D eigenvalue weighted by Crippen LogP contribution is 2.34. The molecule has 0 radical (unpaired) electrons. The van der Waals surface area contributed by atoms with Crippen molar-refractivity contribution in [1.82, 2.24) is 38.8 Å². The van der Waals surface area contributed by atoms with Crippen molar-refractivity contribution in [2.24, 2.45) is 5.92 Å². The van der Waals surface area contributed by atoms with E-state index in [0.717, 1.165) is 53.4 Å². The van der Waals surface area contributed by atoms with Crippen LogP contribution in [0.2, 0.25) is 0 Å². The van der Waals surface area contributed by atoms with Crippen LogP contribution < -0.4 is 10.2 Å². The Labute approximate surface area is 257 Å². The summed E-state index contributed by atoms with van der Waals surface area (Å²) in [6.45, 7) is 2.99. The van der Waals surface area contributed by atoms with Crippen molar-refractivity contribution in [3.63, 3.8) is 0 Å². The van der Waals surface area contributed by atoms with Crippen LogP contribution in [0.5, 0.6) is 0 Å². The lowest BCUT2D eigenvalue weighted by Gasteiger charge is -2.35. The molecule has 0 unspecified atom stereocenters. The third-order valence-electron chi connectivity index (χ3n) is 8.26. The van der Waals surface area contributed by atoms with Gasteiger partial charge in [-0.05, 0) is 64.6 Å². The number of anilines is 3. The molecule has 12 nitrogen and oxygen atoms in total. The fourth-order valence-electron chi connectivity index (χ4n) is 5.60. The van der Waals surface area contributed by atoms with Crippen molar-refractivity contribution in [3.05, 3.63) is 60.4 Å². The van der Waals surface area contributed by atoms with Gasteiger partial charge in [0.15, 0.2) is 5.82 Å². The Morgan fingerprint density at radius 2 is 1.77 bits per heavy atom. The largest absolute Gasteiger partial charge is 0.370 e. The Kier molecular flexibility index (Phi) is 7.55. The molecule has 0 atom stereocenters. The molecule has 1 N–H and O–H groups in total. The molecule has 1 aliphatic heterocycles. The van der Waals surface area contributed by atoms with E-state index >= 15 is 0 Å². The smallest absolute Gasteiger partial charge is 0.256 e. The van der Waals surface area contributed by atoms with Gasteiger partial charge in [-0.3, -0.25) is 4.68 Å². The number of hydrogen-bond acceptors (Lipinski definition) is 10. The molecule has 3 fully saturated rings. The summed E-state index contributed by atoms with van der Waals surface area (Å²) in [5, 5.41) is 11.5.